The SMILES string of the molecule is c1ncc(N2CCOC3CCCCC32)nc1CNC1CC1. The Kier molecular flexibility index (Phi) is 3.78. The number of anilines is 1. The van der Waals surface area contributed by atoms with Crippen LogP contribution in [0, 0.1) is 0 Å². The van der Waals surface area contributed by atoms with Gasteiger partial charge in [0.1, 0.15) is 5.82 Å². The summed E-state index contributed by atoms with van der Waals surface area (Å²) in [5, 5.41) is 3.51. The molecule has 1 N–H and O–H groups in total. The number of fused-ring (bicyclic) bond motifs is 1. The first-order valence-corrected chi connectivity index (χ1v) is 8.33. The van der Waals surface area contributed by atoms with Gasteiger partial charge in [-0.05, 0) is 25.7 Å². The highest BCUT2D eigenvalue weighted by Crippen LogP contribution is 2.31. The number of morpholine rings is 1. The summed E-state index contributed by atoms with van der Waals surface area (Å²) < 4.78 is 5.95. The second-order valence-electron chi connectivity index (χ2n) is 6.48. The van der Waals surface area contributed by atoms with Gasteiger partial charge < -0.3 is 15.0 Å². The van der Waals surface area contributed by atoms with Gasteiger partial charge in [-0.25, -0.2) is 4.98 Å². The van der Waals surface area contributed by atoms with Crippen LogP contribution in [0.25, 0.3) is 0 Å². The second kappa shape index (κ2) is 5.89. The van der Waals surface area contributed by atoms with Gasteiger partial charge in [0.05, 0.1) is 30.6 Å². The minimum Gasteiger partial charge on any atom is -0.374 e. The van der Waals surface area contributed by atoms with Crippen molar-refractivity contribution < 1.29 is 4.74 Å². The van der Waals surface area contributed by atoms with Crippen molar-refractivity contribution in [2.45, 2.75) is 63.3 Å². The molecule has 3 fully saturated rings. The predicted octanol–water partition coefficient (Wildman–Crippen LogP) is 1.88. The molecule has 1 aromatic heterocycles. The molecule has 0 amide bonds. The molecule has 5 nitrogen and oxygen atoms in total. The quantitative estimate of drug-likeness (QED) is 0.916. The summed E-state index contributed by atoms with van der Waals surface area (Å²) in [6.07, 6.45) is 11.8. The van der Waals surface area contributed by atoms with E-state index < -0.39 is 0 Å². The summed E-state index contributed by atoms with van der Waals surface area (Å²) in [4.78, 5) is 11.7. The fourth-order valence-electron chi connectivity index (χ4n) is 3.54. The van der Waals surface area contributed by atoms with Crippen molar-refractivity contribution in [1.29, 1.82) is 0 Å². The molecule has 4 rings (SSSR count). The molecule has 2 unspecified atom stereocenters. The highest BCUT2D eigenvalue weighted by Gasteiger charge is 2.35. The Hall–Kier alpha value is -1.20. The molecule has 2 heterocycles. The third-order valence-electron chi connectivity index (χ3n) is 4.85. The lowest BCUT2D eigenvalue weighted by Crippen LogP contribution is -2.53. The van der Waals surface area contributed by atoms with Crippen LogP contribution in [0.5, 0.6) is 0 Å². The van der Waals surface area contributed by atoms with Gasteiger partial charge in [0.25, 0.3) is 0 Å². The van der Waals surface area contributed by atoms with Crippen molar-refractivity contribution in [3.8, 4) is 0 Å². The van der Waals surface area contributed by atoms with E-state index in [4.69, 9.17) is 9.72 Å². The summed E-state index contributed by atoms with van der Waals surface area (Å²) in [6, 6.07) is 1.20. The minimum absolute atomic E-state index is 0.391. The summed E-state index contributed by atoms with van der Waals surface area (Å²) in [7, 11) is 0. The van der Waals surface area contributed by atoms with Crippen molar-refractivity contribution in [3.05, 3.63) is 18.1 Å². The van der Waals surface area contributed by atoms with Crippen LogP contribution in [0.1, 0.15) is 44.2 Å². The first-order chi connectivity index (χ1) is 10.4. The molecule has 0 spiro atoms. The number of nitrogens with zero attached hydrogens (tertiary/aromatic N) is 3. The summed E-state index contributed by atoms with van der Waals surface area (Å²) in [6.45, 7) is 2.59. The topological polar surface area (TPSA) is 50.3 Å². The normalized spacial score (nSPS) is 29.2. The highest BCUT2D eigenvalue weighted by molar-refractivity contribution is 5.39. The van der Waals surface area contributed by atoms with Gasteiger partial charge in [-0.3, -0.25) is 4.98 Å². The van der Waals surface area contributed by atoms with Crippen LogP contribution in [0.2, 0.25) is 0 Å². The Bertz CT molecular complexity index is 489. The Labute approximate surface area is 126 Å². The molecule has 2 atom stereocenters. The molecular formula is C16H24N4O. The third-order valence-corrected chi connectivity index (χ3v) is 4.85. The second-order valence-corrected chi connectivity index (χ2v) is 6.48. The number of nitrogens with one attached hydrogen (secondary N) is 1. The van der Waals surface area contributed by atoms with Crippen LogP contribution in [-0.2, 0) is 11.3 Å². The fraction of sp³-hybridized carbons (Fsp3) is 0.750. The zero-order valence-corrected chi connectivity index (χ0v) is 12.5. The molecule has 2 saturated carbocycles. The summed E-state index contributed by atoms with van der Waals surface area (Å²) in [5.41, 5.74) is 1.05. The van der Waals surface area contributed by atoms with Crippen molar-refractivity contribution in [3.63, 3.8) is 0 Å². The van der Waals surface area contributed by atoms with E-state index in [0.29, 0.717) is 18.2 Å². The van der Waals surface area contributed by atoms with Gasteiger partial charge in [0, 0.05) is 25.3 Å². The number of hydrogen-bond donors (Lipinski definition) is 1. The lowest BCUT2D eigenvalue weighted by molar-refractivity contribution is -0.00902. The number of hydrogen-bond acceptors (Lipinski definition) is 5. The van der Waals surface area contributed by atoms with E-state index in [-0.39, 0.29) is 0 Å². The monoisotopic (exact) mass is 288 g/mol. The molecule has 0 aromatic carbocycles. The molecule has 0 radical (unpaired) electrons. The van der Waals surface area contributed by atoms with Gasteiger partial charge >= 0.3 is 0 Å². The first kappa shape index (κ1) is 13.5. The average molecular weight is 288 g/mol. The van der Waals surface area contributed by atoms with E-state index in [0.717, 1.165) is 31.2 Å². The van der Waals surface area contributed by atoms with Gasteiger partial charge in [-0.1, -0.05) is 12.8 Å². The Morgan fingerprint density at radius 3 is 3.00 bits per heavy atom. The van der Waals surface area contributed by atoms with E-state index in [1.165, 1.54) is 38.5 Å². The van der Waals surface area contributed by atoms with E-state index in [9.17, 15) is 0 Å². The van der Waals surface area contributed by atoms with Gasteiger partial charge in [0.2, 0.25) is 0 Å². The van der Waals surface area contributed by atoms with Crippen molar-refractivity contribution in [2.75, 3.05) is 18.1 Å². The van der Waals surface area contributed by atoms with Gasteiger partial charge in [-0.2, -0.15) is 0 Å². The van der Waals surface area contributed by atoms with Gasteiger partial charge in [0.15, 0.2) is 0 Å². The Morgan fingerprint density at radius 1 is 1.19 bits per heavy atom. The maximum atomic E-state index is 5.95. The van der Waals surface area contributed by atoms with Crippen LogP contribution < -0.4 is 10.2 Å². The minimum atomic E-state index is 0.391. The molecule has 1 aromatic rings. The number of aromatic nitrogens is 2. The average Bonchev–Trinajstić information content (AvgIpc) is 3.37. The smallest absolute Gasteiger partial charge is 0.147 e. The predicted molar refractivity (Wildman–Crippen MR) is 81.2 cm³/mol. The Balaban J connectivity index is 1.49. The molecular weight excluding hydrogens is 264 g/mol. The lowest BCUT2D eigenvalue weighted by Gasteiger charge is -2.44. The highest BCUT2D eigenvalue weighted by atomic mass is 16.5. The molecule has 114 valence electrons. The first-order valence-electron chi connectivity index (χ1n) is 8.33. The maximum Gasteiger partial charge on any atom is 0.147 e. The van der Waals surface area contributed by atoms with E-state index in [2.05, 4.69) is 15.2 Å². The third kappa shape index (κ3) is 3.04. The molecule has 3 aliphatic rings. The van der Waals surface area contributed by atoms with E-state index in [1.54, 1.807) is 0 Å². The summed E-state index contributed by atoms with van der Waals surface area (Å²) >= 11 is 0. The van der Waals surface area contributed by atoms with E-state index >= 15 is 0 Å². The van der Waals surface area contributed by atoms with Crippen molar-refractivity contribution in [2.24, 2.45) is 0 Å². The standard InChI is InChI=1S/C16H24N4O/c1-2-4-15-14(3-1)20(7-8-21-15)16-11-17-9-13(19-16)10-18-12-5-6-12/h9,11-12,14-15,18H,1-8,10H2. The largest absolute Gasteiger partial charge is 0.374 e. The zero-order valence-electron chi connectivity index (χ0n) is 12.5. The Morgan fingerprint density at radius 2 is 2.10 bits per heavy atom. The van der Waals surface area contributed by atoms with Crippen LogP contribution in [0.4, 0.5) is 5.82 Å². The van der Waals surface area contributed by atoms with Crippen molar-refractivity contribution >= 4 is 5.82 Å². The lowest BCUT2D eigenvalue weighted by atomic mass is 9.90. The zero-order chi connectivity index (χ0) is 14.1. The molecule has 1 aliphatic heterocycles. The maximum absolute atomic E-state index is 5.95. The van der Waals surface area contributed by atoms with Crippen LogP contribution in [-0.4, -0.2) is 41.3 Å². The van der Waals surface area contributed by atoms with Crippen molar-refractivity contribution in [1.82, 2.24) is 15.3 Å². The van der Waals surface area contributed by atoms with Crippen LogP contribution in [0.15, 0.2) is 12.4 Å². The molecule has 2 aliphatic carbocycles. The molecule has 1 saturated heterocycles. The van der Waals surface area contributed by atoms with Crippen LogP contribution >= 0.6 is 0 Å². The molecule has 0 bridgehead atoms. The number of rotatable bonds is 4. The van der Waals surface area contributed by atoms with Gasteiger partial charge in [-0.15, -0.1) is 0 Å². The fourth-order valence-corrected chi connectivity index (χ4v) is 3.54. The number of ether oxygens (including phenoxy) is 1. The van der Waals surface area contributed by atoms with E-state index in [1.807, 2.05) is 12.4 Å². The molecule has 5 heteroatoms. The molecule has 21 heavy (non-hydrogen) atoms. The van der Waals surface area contributed by atoms with Crippen LogP contribution in [0.3, 0.4) is 0 Å². The summed E-state index contributed by atoms with van der Waals surface area (Å²) in [5.74, 6) is 1.03.